The largest absolute Gasteiger partial charge is 0.480 e. The van der Waals surface area contributed by atoms with Crippen LogP contribution in [0.1, 0.15) is 32.3 Å². The van der Waals surface area contributed by atoms with Gasteiger partial charge in [-0.2, -0.15) is 0 Å². The second-order valence-corrected chi connectivity index (χ2v) is 4.75. The topological polar surface area (TPSA) is 66.4 Å². The van der Waals surface area contributed by atoms with Crippen LogP contribution < -0.4 is 5.32 Å². The van der Waals surface area contributed by atoms with Gasteiger partial charge >= 0.3 is 5.97 Å². The highest BCUT2D eigenvalue weighted by Crippen LogP contribution is 2.09. The summed E-state index contributed by atoms with van der Waals surface area (Å²) >= 11 is 0. The molecular weight excluding hydrogens is 242 g/mol. The summed E-state index contributed by atoms with van der Waals surface area (Å²) in [7, 11) is 0. The van der Waals surface area contributed by atoms with Gasteiger partial charge in [0.2, 0.25) is 5.91 Å². The average molecular weight is 263 g/mol. The van der Waals surface area contributed by atoms with Crippen molar-refractivity contribution in [3.05, 3.63) is 35.9 Å². The molecule has 0 fully saturated rings. The maximum absolute atomic E-state index is 11.8. The number of aliphatic carboxylic acids is 1. The van der Waals surface area contributed by atoms with E-state index in [1.807, 2.05) is 44.2 Å². The van der Waals surface area contributed by atoms with E-state index >= 15 is 0 Å². The van der Waals surface area contributed by atoms with E-state index < -0.39 is 12.0 Å². The first-order valence-electron chi connectivity index (χ1n) is 6.60. The van der Waals surface area contributed by atoms with Gasteiger partial charge in [-0.05, 0) is 17.9 Å². The summed E-state index contributed by atoms with van der Waals surface area (Å²) < 4.78 is 0. The van der Waals surface area contributed by atoms with Crippen molar-refractivity contribution in [1.29, 1.82) is 0 Å². The molecule has 4 heteroatoms. The lowest BCUT2D eigenvalue weighted by Crippen LogP contribution is -2.45. The van der Waals surface area contributed by atoms with E-state index in [1.165, 1.54) is 0 Å². The van der Waals surface area contributed by atoms with Crippen LogP contribution in [0, 0.1) is 5.92 Å². The maximum atomic E-state index is 11.8. The second kappa shape index (κ2) is 7.56. The van der Waals surface area contributed by atoms with Gasteiger partial charge < -0.3 is 10.4 Å². The summed E-state index contributed by atoms with van der Waals surface area (Å²) in [6.07, 6.45) is 1.65. The molecule has 0 aromatic heterocycles. The van der Waals surface area contributed by atoms with E-state index in [-0.39, 0.29) is 11.8 Å². The number of carboxylic acids is 1. The Hall–Kier alpha value is -1.84. The SMILES string of the molecule is CC[C@H](C)[C@@H](NC(=O)CCc1ccccc1)C(=O)O. The number of carbonyl (C=O) groups excluding carboxylic acids is 1. The zero-order chi connectivity index (χ0) is 14.3. The quantitative estimate of drug-likeness (QED) is 0.792. The van der Waals surface area contributed by atoms with Crippen LogP contribution in [0.2, 0.25) is 0 Å². The summed E-state index contributed by atoms with van der Waals surface area (Å²) in [4.78, 5) is 22.9. The van der Waals surface area contributed by atoms with Crippen molar-refractivity contribution < 1.29 is 14.7 Å². The van der Waals surface area contributed by atoms with Crippen molar-refractivity contribution >= 4 is 11.9 Å². The Kier molecular flexibility index (Phi) is 6.06. The summed E-state index contributed by atoms with van der Waals surface area (Å²) in [5, 5.41) is 11.7. The van der Waals surface area contributed by atoms with Crippen LogP contribution in [-0.2, 0) is 16.0 Å². The first kappa shape index (κ1) is 15.2. The smallest absolute Gasteiger partial charge is 0.326 e. The fraction of sp³-hybridized carbons (Fsp3) is 0.467. The van der Waals surface area contributed by atoms with Gasteiger partial charge in [0.25, 0.3) is 0 Å². The molecule has 0 aliphatic heterocycles. The maximum Gasteiger partial charge on any atom is 0.326 e. The Morgan fingerprint density at radius 3 is 2.42 bits per heavy atom. The average Bonchev–Trinajstić information content (AvgIpc) is 2.42. The van der Waals surface area contributed by atoms with Crippen molar-refractivity contribution in [3.63, 3.8) is 0 Å². The minimum Gasteiger partial charge on any atom is -0.480 e. The van der Waals surface area contributed by atoms with Crippen LogP contribution in [0.15, 0.2) is 30.3 Å². The summed E-state index contributed by atoms with van der Waals surface area (Å²) in [6.45, 7) is 3.74. The zero-order valence-electron chi connectivity index (χ0n) is 11.4. The number of benzene rings is 1. The third-order valence-electron chi connectivity index (χ3n) is 3.28. The standard InChI is InChI=1S/C15H21NO3/c1-3-11(2)14(15(18)19)16-13(17)10-9-12-7-5-4-6-8-12/h4-8,11,14H,3,9-10H2,1-2H3,(H,16,17)(H,18,19)/t11-,14+/m0/s1. The molecule has 104 valence electrons. The third-order valence-corrected chi connectivity index (χ3v) is 3.28. The molecular formula is C15H21NO3. The van der Waals surface area contributed by atoms with Gasteiger partial charge in [-0.1, -0.05) is 50.6 Å². The molecule has 0 spiro atoms. The first-order valence-corrected chi connectivity index (χ1v) is 6.60. The molecule has 0 aliphatic carbocycles. The Labute approximate surface area is 113 Å². The third kappa shape index (κ3) is 5.12. The van der Waals surface area contributed by atoms with Crippen molar-refractivity contribution in [2.75, 3.05) is 0 Å². The Balaban J connectivity index is 2.47. The predicted octanol–water partition coefficient (Wildman–Crippen LogP) is 2.23. The Morgan fingerprint density at radius 1 is 1.26 bits per heavy atom. The lowest BCUT2D eigenvalue weighted by Gasteiger charge is -2.20. The lowest BCUT2D eigenvalue weighted by molar-refractivity contribution is -0.143. The molecule has 0 saturated carbocycles. The molecule has 0 bridgehead atoms. The van der Waals surface area contributed by atoms with E-state index in [1.54, 1.807) is 0 Å². The van der Waals surface area contributed by atoms with Gasteiger partial charge in [-0.25, -0.2) is 4.79 Å². The second-order valence-electron chi connectivity index (χ2n) is 4.75. The molecule has 0 radical (unpaired) electrons. The predicted molar refractivity (Wildman–Crippen MR) is 73.8 cm³/mol. The summed E-state index contributed by atoms with van der Waals surface area (Å²) in [5.74, 6) is -1.25. The molecule has 2 atom stereocenters. The molecule has 2 N–H and O–H groups in total. The van der Waals surface area contributed by atoms with Crippen molar-refractivity contribution in [2.45, 2.75) is 39.2 Å². The highest BCUT2D eigenvalue weighted by atomic mass is 16.4. The molecule has 0 saturated heterocycles. The van der Waals surface area contributed by atoms with Gasteiger partial charge in [0.15, 0.2) is 0 Å². The Morgan fingerprint density at radius 2 is 1.89 bits per heavy atom. The van der Waals surface area contributed by atoms with E-state index in [0.29, 0.717) is 12.8 Å². The van der Waals surface area contributed by atoms with Gasteiger partial charge in [-0.15, -0.1) is 0 Å². The Bertz CT molecular complexity index is 417. The number of hydrogen-bond donors (Lipinski definition) is 2. The van der Waals surface area contributed by atoms with Gasteiger partial charge in [-0.3, -0.25) is 4.79 Å². The highest BCUT2D eigenvalue weighted by Gasteiger charge is 2.24. The molecule has 0 aliphatic rings. The zero-order valence-corrected chi connectivity index (χ0v) is 11.4. The van der Waals surface area contributed by atoms with Crippen molar-refractivity contribution in [3.8, 4) is 0 Å². The number of rotatable bonds is 7. The van der Waals surface area contributed by atoms with Crippen LogP contribution in [0.5, 0.6) is 0 Å². The number of carbonyl (C=O) groups is 2. The number of amides is 1. The molecule has 0 unspecified atom stereocenters. The van der Waals surface area contributed by atoms with E-state index in [2.05, 4.69) is 5.32 Å². The molecule has 19 heavy (non-hydrogen) atoms. The summed E-state index contributed by atoms with van der Waals surface area (Å²) in [5.41, 5.74) is 1.08. The molecule has 1 aromatic carbocycles. The van der Waals surface area contributed by atoms with Crippen molar-refractivity contribution in [1.82, 2.24) is 5.32 Å². The lowest BCUT2D eigenvalue weighted by atomic mass is 9.99. The van der Waals surface area contributed by atoms with Crippen LogP contribution in [0.25, 0.3) is 0 Å². The monoisotopic (exact) mass is 263 g/mol. The van der Waals surface area contributed by atoms with Crippen LogP contribution in [0.4, 0.5) is 0 Å². The fourth-order valence-corrected chi connectivity index (χ4v) is 1.83. The van der Waals surface area contributed by atoms with Gasteiger partial charge in [0.1, 0.15) is 6.04 Å². The van der Waals surface area contributed by atoms with Gasteiger partial charge in [0.05, 0.1) is 0 Å². The molecule has 4 nitrogen and oxygen atoms in total. The summed E-state index contributed by atoms with van der Waals surface area (Å²) in [6, 6.07) is 8.88. The number of hydrogen-bond acceptors (Lipinski definition) is 2. The van der Waals surface area contributed by atoms with Crippen LogP contribution in [-0.4, -0.2) is 23.0 Å². The first-order chi connectivity index (χ1) is 9.04. The van der Waals surface area contributed by atoms with E-state index in [0.717, 1.165) is 12.0 Å². The van der Waals surface area contributed by atoms with Crippen LogP contribution >= 0.6 is 0 Å². The van der Waals surface area contributed by atoms with E-state index in [4.69, 9.17) is 5.11 Å². The number of nitrogens with one attached hydrogen (secondary N) is 1. The molecule has 1 rings (SSSR count). The molecule has 0 heterocycles. The van der Waals surface area contributed by atoms with Gasteiger partial charge in [0, 0.05) is 6.42 Å². The normalized spacial score (nSPS) is 13.6. The molecule has 1 amide bonds. The highest BCUT2D eigenvalue weighted by molar-refractivity contribution is 5.83. The van der Waals surface area contributed by atoms with Crippen molar-refractivity contribution in [2.24, 2.45) is 5.92 Å². The number of carboxylic acid groups (broad SMARTS) is 1. The minimum atomic E-state index is -0.970. The number of aryl methyl sites for hydroxylation is 1. The fourth-order valence-electron chi connectivity index (χ4n) is 1.83. The van der Waals surface area contributed by atoms with E-state index in [9.17, 15) is 9.59 Å². The van der Waals surface area contributed by atoms with Crippen LogP contribution in [0.3, 0.4) is 0 Å². The molecule has 1 aromatic rings. The minimum absolute atomic E-state index is 0.0711.